The van der Waals surface area contributed by atoms with Gasteiger partial charge in [-0.1, -0.05) is 0 Å². The van der Waals surface area contributed by atoms with Gasteiger partial charge in [0.2, 0.25) is 0 Å². The number of anilines is 1. The molecule has 1 N–H and O–H groups in total. The molecule has 0 bridgehead atoms. The van der Waals surface area contributed by atoms with Crippen molar-refractivity contribution in [3.63, 3.8) is 0 Å². The van der Waals surface area contributed by atoms with Crippen LogP contribution in [0, 0.1) is 11.7 Å². The molecule has 2 heterocycles. The third-order valence-corrected chi connectivity index (χ3v) is 2.51. The monoisotopic (exact) mass is 210 g/mol. The van der Waals surface area contributed by atoms with Gasteiger partial charge < -0.3 is 10.0 Å². The van der Waals surface area contributed by atoms with Crippen LogP contribution in [0.25, 0.3) is 0 Å². The quantitative estimate of drug-likeness (QED) is 0.812. The second-order valence-electron chi connectivity index (χ2n) is 3.70. The van der Waals surface area contributed by atoms with E-state index in [1.54, 1.807) is 6.07 Å². The molecule has 0 saturated carbocycles. The van der Waals surface area contributed by atoms with E-state index < -0.39 is 5.97 Å². The SMILES string of the molecule is O=C(O)CC1CN(c2ccncc2F)C1. The summed E-state index contributed by atoms with van der Waals surface area (Å²) in [5.74, 6) is -1.02. The molecule has 5 heteroatoms. The summed E-state index contributed by atoms with van der Waals surface area (Å²) in [7, 11) is 0. The first-order valence-electron chi connectivity index (χ1n) is 4.73. The largest absolute Gasteiger partial charge is 0.481 e. The summed E-state index contributed by atoms with van der Waals surface area (Å²) >= 11 is 0. The lowest BCUT2D eigenvalue weighted by molar-refractivity contribution is -0.138. The maximum Gasteiger partial charge on any atom is 0.303 e. The van der Waals surface area contributed by atoms with Crippen LogP contribution >= 0.6 is 0 Å². The first kappa shape index (κ1) is 9.89. The average molecular weight is 210 g/mol. The summed E-state index contributed by atoms with van der Waals surface area (Å²) < 4.78 is 13.2. The number of halogens is 1. The van der Waals surface area contributed by atoms with Crippen LogP contribution in [0.5, 0.6) is 0 Å². The molecule has 1 fully saturated rings. The summed E-state index contributed by atoms with van der Waals surface area (Å²) in [5, 5.41) is 8.56. The molecule has 1 saturated heterocycles. The number of carboxylic acids is 1. The Bertz CT molecular complexity index is 377. The van der Waals surface area contributed by atoms with Crippen molar-refractivity contribution >= 4 is 11.7 Å². The van der Waals surface area contributed by atoms with Crippen molar-refractivity contribution in [1.29, 1.82) is 0 Å². The highest BCUT2D eigenvalue weighted by molar-refractivity contribution is 5.67. The van der Waals surface area contributed by atoms with Gasteiger partial charge in [-0.05, 0) is 6.07 Å². The minimum absolute atomic E-state index is 0.134. The summed E-state index contributed by atoms with van der Waals surface area (Å²) in [4.78, 5) is 15.9. The standard InChI is InChI=1S/C10H11FN2O2/c11-8-4-12-2-1-9(8)13-5-7(6-13)3-10(14)15/h1-2,4,7H,3,5-6H2,(H,14,15). The second kappa shape index (κ2) is 3.84. The van der Waals surface area contributed by atoms with Gasteiger partial charge in [0, 0.05) is 25.2 Å². The van der Waals surface area contributed by atoms with Crippen molar-refractivity contribution in [3.05, 3.63) is 24.3 Å². The topological polar surface area (TPSA) is 53.4 Å². The Labute approximate surface area is 86.4 Å². The van der Waals surface area contributed by atoms with Crippen molar-refractivity contribution in [1.82, 2.24) is 4.98 Å². The van der Waals surface area contributed by atoms with Gasteiger partial charge in [0.15, 0.2) is 5.82 Å². The van der Waals surface area contributed by atoms with Crippen molar-refractivity contribution in [3.8, 4) is 0 Å². The Morgan fingerprint density at radius 1 is 1.67 bits per heavy atom. The molecule has 1 aromatic rings. The van der Waals surface area contributed by atoms with E-state index in [4.69, 9.17) is 5.11 Å². The minimum atomic E-state index is -0.796. The number of nitrogens with zero attached hydrogens (tertiary/aromatic N) is 2. The molecule has 0 amide bonds. The molecule has 4 nitrogen and oxygen atoms in total. The number of pyridine rings is 1. The molecule has 0 spiro atoms. The van der Waals surface area contributed by atoms with Gasteiger partial charge >= 0.3 is 5.97 Å². The van der Waals surface area contributed by atoms with Crippen molar-refractivity contribution in [2.75, 3.05) is 18.0 Å². The molecule has 15 heavy (non-hydrogen) atoms. The summed E-state index contributed by atoms with van der Waals surface area (Å²) in [6.45, 7) is 1.21. The van der Waals surface area contributed by atoms with Gasteiger partial charge in [0.05, 0.1) is 18.3 Å². The Hall–Kier alpha value is -1.65. The van der Waals surface area contributed by atoms with Gasteiger partial charge in [-0.25, -0.2) is 4.39 Å². The van der Waals surface area contributed by atoms with E-state index in [0.29, 0.717) is 18.8 Å². The summed E-state index contributed by atoms with van der Waals surface area (Å²) in [5.41, 5.74) is 0.506. The lowest BCUT2D eigenvalue weighted by atomic mass is 9.96. The lowest BCUT2D eigenvalue weighted by Crippen LogP contribution is -2.48. The van der Waals surface area contributed by atoms with E-state index in [9.17, 15) is 9.18 Å². The molecule has 0 unspecified atom stereocenters. The molecule has 0 radical (unpaired) electrons. The second-order valence-corrected chi connectivity index (χ2v) is 3.70. The fourth-order valence-corrected chi connectivity index (χ4v) is 1.77. The maximum absolute atomic E-state index is 13.2. The predicted octanol–water partition coefficient (Wildman–Crippen LogP) is 1.13. The maximum atomic E-state index is 13.2. The van der Waals surface area contributed by atoms with Crippen molar-refractivity contribution in [2.24, 2.45) is 5.92 Å². The number of hydrogen-bond donors (Lipinski definition) is 1. The number of carboxylic acid groups (broad SMARTS) is 1. The Morgan fingerprint density at radius 2 is 2.40 bits per heavy atom. The van der Waals surface area contributed by atoms with Crippen LogP contribution in [0.4, 0.5) is 10.1 Å². The average Bonchev–Trinajstić information content (AvgIpc) is 2.12. The first-order valence-corrected chi connectivity index (χ1v) is 4.73. The fraction of sp³-hybridized carbons (Fsp3) is 0.400. The van der Waals surface area contributed by atoms with Crippen molar-refractivity contribution < 1.29 is 14.3 Å². The van der Waals surface area contributed by atoms with Gasteiger partial charge in [0.25, 0.3) is 0 Å². The fourth-order valence-electron chi connectivity index (χ4n) is 1.77. The van der Waals surface area contributed by atoms with E-state index in [1.165, 1.54) is 12.4 Å². The number of rotatable bonds is 3. The minimum Gasteiger partial charge on any atom is -0.481 e. The van der Waals surface area contributed by atoms with Crippen LogP contribution in [0.3, 0.4) is 0 Å². The number of hydrogen-bond acceptors (Lipinski definition) is 3. The third kappa shape index (κ3) is 2.06. The molecular weight excluding hydrogens is 199 g/mol. The normalized spacial score (nSPS) is 16.2. The first-order chi connectivity index (χ1) is 7.16. The molecule has 0 aliphatic carbocycles. The number of aliphatic carboxylic acids is 1. The summed E-state index contributed by atoms with van der Waals surface area (Å²) in [6.07, 6.45) is 2.85. The zero-order valence-corrected chi connectivity index (χ0v) is 8.06. The molecule has 2 rings (SSSR count). The zero-order chi connectivity index (χ0) is 10.8. The van der Waals surface area contributed by atoms with Gasteiger partial charge in [-0.3, -0.25) is 9.78 Å². The van der Waals surface area contributed by atoms with Crippen LogP contribution in [0.1, 0.15) is 6.42 Å². The predicted molar refractivity (Wildman–Crippen MR) is 52.2 cm³/mol. The van der Waals surface area contributed by atoms with E-state index in [1.807, 2.05) is 4.90 Å². The molecule has 0 aromatic carbocycles. The van der Waals surface area contributed by atoms with E-state index in [-0.39, 0.29) is 18.2 Å². The van der Waals surface area contributed by atoms with Crippen LogP contribution in [-0.4, -0.2) is 29.1 Å². The van der Waals surface area contributed by atoms with E-state index in [0.717, 1.165) is 0 Å². The van der Waals surface area contributed by atoms with E-state index >= 15 is 0 Å². The Morgan fingerprint density at radius 3 is 3.00 bits per heavy atom. The zero-order valence-electron chi connectivity index (χ0n) is 8.06. The molecule has 80 valence electrons. The lowest BCUT2D eigenvalue weighted by Gasteiger charge is -2.40. The Balaban J connectivity index is 1.95. The van der Waals surface area contributed by atoms with Crippen LogP contribution < -0.4 is 4.90 Å². The van der Waals surface area contributed by atoms with E-state index in [2.05, 4.69) is 4.98 Å². The number of carbonyl (C=O) groups is 1. The molecule has 1 aliphatic heterocycles. The van der Waals surface area contributed by atoms with Gasteiger partial charge in [0.1, 0.15) is 0 Å². The highest BCUT2D eigenvalue weighted by atomic mass is 19.1. The summed E-state index contributed by atoms with van der Waals surface area (Å²) in [6, 6.07) is 1.60. The van der Waals surface area contributed by atoms with Gasteiger partial charge in [-0.15, -0.1) is 0 Å². The van der Waals surface area contributed by atoms with Crippen molar-refractivity contribution in [2.45, 2.75) is 6.42 Å². The number of aromatic nitrogens is 1. The highest BCUT2D eigenvalue weighted by Crippen LogP contribution is 2.27. The molecule has 0 atom stereocenters. The molecule has 1 aliphatic rings. The molecule has 1 aromatic heterocycles. The third-order valence-electron chi connectivity index (χ3n) is 2.51. The van der Waals surface area contributed by atoms with Crippen LogP contribution in [-0.2, 0) is 4.79 Å². The van der Waals surface area contributed by atoms with Crippen LogP contribution in [0.15, 0.2) is 18.5 Å². The van der Waals surface area contributed by atoms with Crippen LogP contribution in [0.2, 0.25) is 0 Å². The highest BCUT2D eigenvalue weighted by Gasteiger charge is 2.29. The molecular formula is C10H11FN2O2. The van der Waals surface area contributed by atoms with Gasteiger partial charge in [-0.2, -0.15) is 0 Å². The smallest absolute Gasteiger partial charge is 0.303 e. The Kier molecular flexibility index (Phi) is 2.53.